The summed E-state index contributed by atoms with van der Waals surface area (Å²) in [5, 5.41) is 3.43. The van der Waals surface area contributed by atoms with E-state index in [9.17, 15) is 0 Å². The third-order valence-electron chi connectivity index (χ3n) is 3.58. The Kier molecular flexibility index (Phi) is 5.82. The molecule has 0 spiro atoms. The molecule has 108 valence electrons. The van der Waals surface area contributed by atoms with E-state index in [1.54, 1.807) is 0 Å². The summed E-state index contributed by atoms with van der Waals surface area (Å²) >= 11 is 5.43. The standard InChI is InChI=1S/C17H22BrNS/c1-4-5-6-13-7-9-14(10-8-13)16(19-3)15-11-12(2)17(18)20-15/h7-11,16,19H,4-6H2,1-3H3. The largest absolute Gasteiger partial charge is 0.309 e. The van der Waals surface area contributed by atoms with Gasteiger partial charge in [-0.15, -0.1) is 11.3 Å². The van der Waals surface area contributed by atoms with Crippen LogP contribution in [0.4, 0.5) is 0 Å². The van der Waals surface area contributed by atoms with Gasteiger partial charge in [-0.3, -0.25) is 0 Å². The second-order valence-corrected chi connectivity index (χ2v) is 7.57. The van der Waals surface area contributed by atoms with Crippen molar-refractivity contribution in [3.05, 3.63) is 55.7 Å². The molecule has 0 saturated heterocycles. The lowest BCUT2D eigenvalue weighted by molar-refractivity contribution is 0.702. The van der Waals surface area contributed by atoms with E-state index in [4.69, 9.17) is 0 Å². The molecule has 1 atom stereocenters. The second kappa shape index (κ2) is 7.39. The van der Waals surface area contributed by atoms with Crippen LogP contribution in [0.3, 0.4) is 0 Å². The van der Waals surface area contributed by atoms with Gasteiger partial charge >= 0.3 is 0 Å². The van der Waals surface area contributed by atoms with Crippen molar-refractivity contribution in [3.63, 3.8) is 0 Å². The zero-order valence-electron chi connectivity index (χ0n) is 12.4. The Bertz CT molecular complexity index is 525. The molecule has 20 heavy (non-hydrogen) atoms. The van der Waals surface area contributed by atoms with Crippen LogP contribution in [0.5, 0.6) is 0 Å². The van der Waals surface area contributed by atoms with E-state index < -0.39 is 0 Å². The first kappa shape index (κ1) is 15.7. The minimum absolute atomic E-state index is 0.283. The Morgan fingerprint density at radius 2 is 1.95 bits per heavy atom. The smallest absolute Gasteiger partial charge is 0.0731 e. The van der Waals surface area contributed by atoms with Gasteiger partial charge in [0.15, 0.2) is 0 Å². The first-order valence-corrected chi connectivity index (χ1v) is 8.78. The minimum atomic E-state index is 0.283. The summed E-state index contributed by atoms with van der Waals surface area (Å²) in [4.78, 5) is 1.36. The molecule has 0 aliphatic rings. The fourth-order valence-corrected chi connectivity index (χ4v) is 4.07. The molecule has 1 heterocycles. The number of benzene rings is 1. The lowest BCUT2D eigenvalue weighted by atomic mass is 10.0. The molecule has 3 heteroatoms. The summed E-state index contributed by atoms with van der Waals surface area (Å²) in [5.74, 6) is 0. The third kappa shape index (κ3) is 3.72. The van der Waals surface area contributed by atoms with Crippen LogP contribution < -0.4 is 5.32 Å². The predicted octanol–water partition coefficient (Wildman–Crippen LogP) is 5.47. The molecule has 0 fully saturated rings. The average molecular weight is 352 g/mol. The summed E-state index contributed by atoms with van der Waals surface area (Å²) in [6, 6.07) is 11.6. The maximum atomic E-state index is 3.62. The Morgan fingerprint density at radius 3 is 2.45 bits per heavy atom. The molecule has 0 bridgehead atoms. The molecule has 1 nitrogen and oxygen atoms in total. The molecule has 1 aromatic heterocycles. The molecular weight excluding hydrogens is 330 g/mol. The van der Waals surface area contributed by atoms with Gasteiger partial charge in [0.05, 0.1) is 9.83 Å². The van der Waals surface area contributed by atoms with Crippen LogP contribution in [0.25, 0.3) is 0 Å². The Balaban J connectivity index is 2.19. The van der Waals surface area contributed by atoms with Crippen LogP contribution >= 0.6 is 27.3 Å². The van der Waals surface area contributed by atoms with Crippen molar-refractivity contribution in [1.82, 2.24) is 5.32 Å². The van der Waals surface area contributed by atoms with Crippen molar-refractivity contribution in [1.29, 1.82) is 0 Å². The average Bonchev–Trinajstić information content (AvgIpc) is 2.78. The Hall–Kier alpha value is -0.640. The van der Waals surface area contributed by atoms with Gasteiger partial charge < -0.3 is 5.32 Å². The van der Waals surface area contributed by atoms with Gasteiger partial charge in [-0.2, -0.15) is 0 Å². The molecule has 2 rings (SSSR count). The highest BCUT2D eigenvalue weighted by Crippen LogP contribution is 2.34. The number of hydrogen-bond acceptors (Lipinski definition) is 2. The lowest BCUT2D eigenvalue weighted by Gasteiger charge is -2.15. The molecule has 2 aromatic rings. The van der Waals surface area contributed by atoms with E-state index in [2.05, 4.69) is 65.4 Å². The number of aryl methyl sites for hydroxylation is 2. The number of rotatable bonds is 6. The van der Waals surface area contributed by atoms with E-state index >= 15 is 0 Å². The van der Waals surface area contributed by atoms with Crippen LogP contribution in [-0.2, 0) is 6.42 Å². The van der Waals surface area contributed by atoms with Gasteiger partial charge in [0.25, 0.3) is 0 Å². The van der Waals surface area contributed by atoms with Gasteiger partial charge in [-0.1, -0.05) is 37.6 Å². The maximum absolute atomic E-state index is 3.62. The van der Waals surface area contributed by atoms with E-state index in [1.807, 2.05) is 18.4 Å². The van der Waals surface area contributed by atoms with E-state index in [0.717, 1.165) is 0 Å². The summed E-state index contributed by atoms with van der Waals surface area (Å²) in [6.45, 7) is 4.38. The molecule has 0 radical (unpaired) electrons. The van der Waals surface area contributed by atoms with Gasteiger partial charge in [0, 0.05) is 4.88 Å². The highest BCUT2D eigenvalue weighted by atomic mass is 79.9. The third-order valence-corrected chi connectivity index (χ3v) is 5.78. The molecule has 0 amide bonds. The highest BCUT2D eigenvalue weighted by Gasteiger charge is 2.15. The summed E-state index contributed by atoms with van der Waals surface area (Å²) < 4.78 is 1.23. The normalized spacial score (nSPS) is 12.6. The van der Waals surface area contributed by atoms with Crippen molar-refractivity contribution >= 4 is 27.3 Å². The van der Waals surface area contributed by atoms with Crippen LogP contribution in [-0.4, -0.2) is 7.05 Å². The maximum Gasteiger partial charge on any atom is 0.0731 e. The van der Waals surface area contributed by atoms with Crippen molar-refractivity contribution in [2.24, 2.45) is 0 Å². The Morgan fingerprint density at radius 1 is 1.25 bits per heavy atom. The van der Waals surface area contributed by atoms with Crippen molar-refractivity contribution in [2.45, 2.75) is 39.2 Å². The quantitative estimate of drug-likeness (QED) is 0.727. The number of nitrogens with one attached hydrogen (secondary N) is 1. The molecule has 0 aliphatic carbocycles. The highest BCUT2D eigenvalue weighted by molar-refractivity contribution is 9.11. The van der Waals surface area contributed by atoms with Crippen LogP contribution in [0, 0.1) is 6.92 Å². The number of halogens is 1. The Labute approximate surface area is 134 Å². The molecule has 0 aliphatic heterocycles. The van der Waals surface area contributed by atoms with Crippen LogP contribution in [0.2, 0.25) is 0 Å². The topological polar surface area (TPSA) is 12.0 Å². The summed E-state index contributed by atoms with van der Waals surface area (Å²) in [5.41, 5.74) is 4.08. The van der Waals surface area contributed by atoms with Gasteiger partial charge in [-0.25, -0.2) is 0 Å². The van der Waals surface area contributed by atoms with Crippen molar-refractivity contribution in [3.8, 4) is 0 Å². The second-order valence-electron chi connectivity index (χ2n) is 5.17. The molecule has 0 saturated carbocycles. The van der Waals surface area contributed by atoms with Gasteiger partial charge in [0.1, 0.15) is 0 Å². The van der Waals surface area contributed by atoms with E-state index in [1.165, 1.54) is 44.6 Å². The lowest BCUT2D eigenvalue weighted by Crippen LogP contribution is -2.16. The molecule has 1 unspecified atom stereocenters. The minimum Gasteiger partial charge on any atom is -0.309 e. The molecule has 1 aromatic carbocycles. The van der Waals surface area contributed by atoms with Crippen LogP contribution in [0.1, 0.15) is 47.4 Å². The number of hydrogen-bond donors (Lipinski definition) is 1. The fraction of sp³-hybridized carbons (Fsp3) is 0.412. The molecule has 1 N–H and O–H groups in total. The fourth-order valence-electron chi connectivity index (χ4n) is 2.36. The SMILES string of the molecule is CCCCc1ccc(C(NC)c2cc(C)c(Br)s2)cc1. The number of unbranched alkanes of at least 4 members (excludes halogenated alkanes) is 1. The van der Waals surface area contributed by atoms with Crippen LogP contribution in [0.15, 0.2) is 34.1 Å². The summed E-state index contributed by atoms with van der Waals surface area (Å²) in [7, 11) is 2.03. The van der Waals surface area contributed by atoms with Crippen molar-refractivity contribution < 1.29 is 0 Å². The summed E-state index contributed by atoms with van der Waals surface area (Å²) in [6.07, 6.45) is 3.71. The monoisotopic (exact) mass is 351 g/mol. The van der Waals surface area contributed by atoms with Crippen molar-refractivity contribution in [2.75, 3.05) is 7.05 Å². The molecular formula is C17H22BrNS. The van der Waals surface area contributed by atoms with Gasteiger partial charge in [0.2, 0.25) is 0 Å². The number of thiophene rings is 1. The van der Waals surface area contributed by atoms with Gasteiger partial charge in [-0.05, 0) is 65.5 Å². The zero-order chi connectivity index (χ0) is 14.5. The zero-order valence-corrected chi connectivity index (χ0v) is 14.8. The first-order chi connectivity index (χ1) is 9.65. The first-order valence-electron chi connectivity index (χ1n) is 7.17. The predicted molar refractivity (Wildman–Crippen MR) is 92.7 cm³/mol. The van der Waals surface area contributed by atoms with E-state index in [0.29, 0.717) is 0 Å². The van der Waals surface area contributed by atoms with E-state index in [-0.39, 0.29) is 6.04 Å².